The van der Waals surface area contributed by atoms with Crippen LogP contribution in [-0.2, 0) is 13.1 Å². The lowest BCUT2D eigenvalue weighted by atomic mass is 10.0. The van der Waals surface area contributed by atoms with Gasteiger partial charge in [0.2, 0.25) is 0 Å². The summed E-state index contributed by atoms with van der Waals surface area (Å²) in [5, 5.41) is 0. The van der Waals surface area contributed by atoms with E-state index >= 15 is 0 Å². The van der Waals surface area contributed by atoms with Crippen LogP contribution >= 0.6 is 0 Å². The summed E-state index contributed by atoms with van der Waals surface area (Å²) in [6, 6.07) is 32.8. The average Bonchev–Trinajstić information content (AvgIpc) is 2.65. The van der Waals surface area contributed by atoms with Crippen molar-refractivity contribution in [2.75, 3.05) is 0 Å². The van der Waals surface area contributed by atoms with Crippen molar-refractivity contribution in [2.45, 2.75) is 32.5 Å². The Morgan fingerprint density at radius 3 is 1.46 bits per heavy atom. The Labute approximate surface area is 145 Å². The Bertz CT molecular complexity index is 665. The zero-order chi connectivity index (χ0) is 16.6. The smallest absolute Gasteiger partial charge is 0.0352 e. The third-order valence-electron chi connectivity index (χ3n) is 4.47. The van der Waals surface area contributed by atoms with Gasteiger partial charge in [-0.05, 0) is 23.1 Å². The first kappa shape index (κ1) is 16.5. The van der Waals surface area contributed by atoms with Gasteiger partial charge in [0, 0.05) is 19.1 Å². The minimum Gasteiger partial charge on any atom is -0.288 e. The molecular weight excluding hydrogens is 290 g/mol. The zero-order valence-corrected chi connectivity index (χ0v) is 14.3. The largest absolute Gasteiger partial charge is 0.288 e. The maximum absolute atomic E-state index is 2.58. The van der Waals surface area contributed by atoms with Gasteiger partial charge in [-0.3, -0.25) is 4.90 Å². The first-order valence-corrected chi connectivity index (χ1v) is 8.73. The number of nitrogens with zero attached hydrogens (tertiary/aromatic N) is 1. The highest BCUT2D eigenvalue weighted by Gasteiger charge is 2.19. The first-order valence-electron chi connectivity index (χ1n) is 8.73. The van der Waals surface area contributed by atoms with Gasteiger partial charge in [0.1, 0.15) is 0 Å². The van der Waals surface area contributed by atoms with Crippen LogP contribution in [0.4, 0.5) is 0 Å². The normalized spacial score (nSPS) is 12.2. The van der Waals surface area contributed by atoms with E-state index in [1.165, 1.54) is 16.7 Å². The van der Waals surface area contributed by atoms with Gasteiger partial charge in [-0.2, -0.15) is 0 Å². The number of hydrogen-bond acceptors (Lipinski definition) is 1. The molecule has 0 saturated carbocycles. The highest BCUT2D eigenvalue weighted by atomic mass is 15.2. The van der Waals surface area contributed by atoms with E-state index < -0.39 is 0 Å². The van der Waals surface area contributed by atoms with Crippen LogP contribution in [0.5, 0.6) is 0 Å². The highest BCUT2D eigenvalue weighted by molar-refractivity contribution is 5.22. The Balaban J connectivity index is 1.88. The summed E-state index contributed by atoms with van der Waals surface area (Å²) in [5.41, 5.74) is 4.12. The molecule has 1 nitrogen and oxygen atoms in total. The summed E-state index contributed by atoms with van der Waals surface area (Å²) >= 11 is 0. The molecule has 3 aromatic rings. The van der Waals surface area contributed by atoms with Crippen molar-refractivity contribution in [3.8, 4) is 0 Å². The molecule has 0 bridgehead atoms. The molecule has 0 spiro atoms. The van der Waals surface area contributed by atoms with Gasteiger partial charge in [0.15, 0.2) is 0 Å². The monoisotopic (exact) mass is 315 g/mol. The molecule has 122 valence electrons. The van der Waals surface area contributed by atoms with Crippen LogP contribution in [0.15, 0.2) is 91.0 Å². The fourth-order valence-electron chi connectivity index (χ4n) is 3.29. The molecule has 0 aliphatic rings. The summed E-state index contributed by atoms with van der Waals surface area (Å²) in [4.78, 5) is 2.58. The van der Waals surface area contributed by atoms with Crippen molar-refractivity contribution >= 4 is 0 Å². The van der Waals surface area contributed by atoms with E-state index in [1.54, 1.807) is 0 Å². The van der Waals surface area contributed by atoms with E-state index in [-0.39, 0.29) is 0 Å². The molecule has 0 heterocycles. The van der Waals surface area contributed by atoms with Crippen LogP contribution in [0.3, 0.4) is 0 Å². The first-order chi connectivity index (χ1) is 11.9. The molecule has 0 saturated heterocycles. The van der Waals surface area contributed by atoms with Crippen molar-refractivity contribution in [1.82, 2.24) is 4.90 Å². The Kier molecular flexibility index (Phi) is 5.81. The lowest BCUT2D eigenvalue weighted by Gasteiger charge is -2.32. The van der Waals surface area contributed by atoms with Crippen LogP contribution in [0.2, 0.25) is 0 Å². The Hall–Kier alpha value is -2.38. The maximum Gasteiger partial charge on any atom is 0.0352 e. The molecule has 24 heavy (non-hydrogen) atoms. The molecule has 0 amide bonds. The van der Waals surface area contributed by atoms with Crippen molar-refractivity contribution in [1.29, 1.82) is 0 Å². The van der Waals surface area contributed by atoms with Crippen LogP contribution in [0, 0.1) is 0 Å². The number of rotatable bonds is 7. The second-order valence-electron chi connectivity index (χ2n) is 6.21. The number of benzene rings is 3. The van der Waals surface area contributed by atoms with E-state index in [2.05, 4.69) is 103 Å². The summed E-state index contributed by atoms with van der Waals surface area (Å²) in [6.45, 7) is 4.20. The summed E-state index contributed by atoms with van der Waals surface area (Å²) in [5.74, 6) is 0. The van der Waals surface area contributed by atoms with Gasteiger partial charge in [-0.15, -0.1) is 0 Å². The van der Waals surface area contributed by atoms with Crippen molar-refractivity contribution in [3.05, 3.63) is 108 Å². The van der Waals surface area contributed by atoms with Crippen LogP contribution in [0.25, 0.3) is 0 Å². The molecule has 1 heteroatoms. The molecule has 0 aliphatic carbocycles. The van der Waals surface area contributed by atoms with Gasteiger partial charge in [-0.1, -0.05) is 97.9 Å². The van der Waals surface area contributed by atoms with Gasteiger partial charge in [0.05, 0.1) is 0 Å². The molecule has 0 N–H and O–H groups in total. The topological polar surface area (TPSA) is 3.24 Å². The molecule has 0 radical (unpaired) electrons. The lowest BCUT2D eigenvalue weighted by Crippen LogP contribution is -2.27. The molecule has 3 aromatic carbocycles. The zero-order valence-electron chi connectivity index (χ0n) is 14.3. The molecule has 0 aliphatic heterocycles. The summed E-state index contributed by atoms with van der Waals surface area (Å²) in [6.07, 6.45) is 1.10. The molecule has 0 aromatic heterocycles. The van der Waals surface area contributed by atoms with Gasteiger partial charge in [0.25, 0.3) is 0 Å². The fraction of sp³-hybridized carbons (Fsp3) is 0.217. The molecule has 0 fully saturated rings. The molecule has 1 atom stereocenters. The van der Waals surface area contributed by atoms with Crippen LogP contribution in [-0.4, -0.2) is 4.90 Å². The minimum absolute atomic E-state index is 0.423. The summed E-state index contributed by atoms with van der Waals surface area (Å²) < 4.78 is 0. The summed E-state index contributed by atoms with van der Waals surface area (Å²) in [7, 11) is 0. The Morgan fingerprint density at radius 1 is 0.625 bits per heavy atom. The minimum atomic E-state index is 0.423. The number of hydrogen-bond donors (Lipinski definition) is 0. The van der Waals surface area contributed by atoms with E-state index in [4.69, 9.17) is 0 Å². The molecular formula is C23H25N. The van der Waals surface area contributed by atoms with Crippen molar-refractivity contribution in [3.63, 3.8) is 0 Å². The predicted molar refractivity (Wildman–Crippen MR) is 102 cm³/mol. The second-order valence-corrected chi connectivity index (χ2v) is 6.21. The van der Waals surface area contributed by atoms with Crippen LogP contribution in [0.1, 0.15) is 36.1 Å². The van der Waals surface area contributed by atoms with Crippen molar-refractivity contribution in [2.24, 2.45) is 0 Å². The predicted octanol–water partition coefficient (Wildman–Crippen LogP) is 5.84. The quantitative estimate of drug-likeness (QED) is 0.529. The van der Waals surface area contributed by atoms with Gasteiger partial charge >= 0.3 is 0 Å². The molecule has 1 unspecified atom stereocenters. The second kappa shape index (κ2) is 8.47. The van der Waals surface area contributed by atoms with E-state index in [0.29, 0.717) is 6.04 Å². The SMILES string of the molecule is CCC(c1ccccc1)N(Cc1ccccc1)Cc1ccccc1. The standard InChI is InChI=1S/C23H25N/c1-2-23(22-16-10-5-11-17-22)24(18-20-12-6-3-7-13-20)19-21-14-8-4-9-15-21/h3-17,23H,2,18-19H2,1H3. The van der Waals surface area contributed by atoms with E-state index in [0.717, 1.165) is 19.5 Å². The third-order valence-corrected chi connectivity index (χ3v) is 4.47. The van der Waals surface area contributed by atoms with Gasteiger partial charge in [-0.25, -0.2) is 0 Å². The molecule has 3 rings (SSSR count). The fourth-order valence-corrected chi connectivity index (χ4v) is 3.29. The highest BCUT2D eigenvalue weighted by Crippen LogP contribution is 2.27. The maximum atomic E-state index is 2.58. The van der Waals surface area contributed by atoms with E-state index in [9.17, 15) is 0 Å². The van der Waals surface area contributed by atoms with Crippen LogP contribution < -0.4 is 0 Å². The third kappa shape index (κ3) is 4.33. The van der Waals surface area contributed by atoms with E-state index in [1.807, 2.05) is 0 Å². The van der Waals surface area contributed by atoms with Gasteiger partial charge < -0.3 is 0 Å². The lowest BCUT2D eigenvalue weighted by molar-refractivity contribution is 0.174. The average molecular weight is 315 g/mol. The Morgan fingerprint density at radius 2 is 1.04 bits per heavy atom. The van der Waals surface area contributed by atoms with Crippen molar-refractivity contribution < 1.29 is 0 Å².